The van der Waals surface area contributed by atoms with Crippen molar-refractivity contribution in [2.45, 2.75) is 0 Å². The number of nitrogens with zero attached hydrogens (tertiary/aromatic N) is 1. The van der Waals surface area contributed by atoms with Gasteiger partial charge in [-0.1, -0.05) is 18.2 Å². The topological polar surface area (TPSA) is 37.4 Å². The van der Waals surface area contributed by atoms with E-state index in [4.69, 9.17) is 0 Å². The quantitative estimate of drug-likeness (QED) is 0.658. The van der Waals surface area contributed by atoms with Crippen molar-refractivity contribution in [2.24, 2.45) is 0 Å². The van der Waals surface area contributed by atoms with E-state index in [1.807, 2.05) is 0 Å². The van der Waals surface area contributed by atoms with Crippen LogP contribution in [0.4, 0.5) is 0 Å². The van der Waals surface area contributed by atoms with Gasteiger partial charge in [-0.3, -0.25) is 14.5 Å². The van der Waals surface area contributed by atoms with Crippen LogP contribution in [0, 0.1) is 6.54 Å². The lowest BCUT2D eigenvalue weighted by atomic mass is 10.1. The molecule has 0 N–H and O–H groups in total. The molecule has 0 saturated heterocycles. The fraction of sp³-hybridized carbons (Fsp3) is 0. The lowest BCUT2D eigenvalue weighted by Crippen LogP contribution is -2.25. The monoisotopic (exact) mass is 186 g/mol. The lowest BCUT2D eigenvalue weighted by Gasteiger charge is -2.08. The van der Waals surface area contributed by atoms with E-state index in [0.717, 1.165) is 4.90 Å². The number of amides is 2. The summed E-state index contributed by atoms with van der Waals surface area (Å²) in [6.45, 7) is 4.83. The Morgan fingerprint density at radius 1 is 1.07 bits per heavy atom. The lowest BCUT2D eigenvalue weighted by molar-refractivity contribution is 0.0704. The molecule has 1 radical (unpaired) electrons. The molecule has 0 aromatic heterocycles. The molecule has 0 saturated carbocycles. The SMILES string of the molecule is C=C[CH]N1C(=O)c2ccccc2C1=O. The largest absolute Gasteiger partial charge is 0.269 e. The van der Waals surface area contributed by atoms with Gasteiger partial charge in [-0.15, -0.1) is 6.58 Å². The van der Waals surface area contributed by atoms with E-state index < -0.39 is 0 Å². The average Bonchev–Trinajstić information content (AvgIpc) is 2.45. The van der Waals surface area contributed by atoms with Crippen molar-refractivity contribution in [2.75, 3.05) is 0 Å². The minimum absolute atomic E-state index is 0.287. The maximum atomic E-state index is 11.6. The molecule has 0 atom stereocenters. The number of hydrogen-bond donors (Lipinski definition) is 0. The van der Waals surface area contributed by atoms with E-state index >= 15 is 0 Å². The summed E-state index contributed by atoms with van der Waals surface area (Å²) in [6.07, 6.45) is 1.42. The molecule has 2 rings (SSSR count). The van der Waals surface area contributed by atoms with E-state index in [2.05, 4.69) is 6.58 Å². The van der Waals surface area contributed by atoms with Gasteiger partial charge in [0.25, 0.3) is 11.8 Å². The number of fused-ring (bicyclic) bond motifs is 1. The molecular weight excluding hydrogens is 178 g/mol. The second-order valence-electron chi connectivity index (χ2n) is 2.91. The summed E-state index contributed by atoms with van der Waals surface area (Å²) in [7, 11) is 0. The van der Waals surface area contributed by atoms with Gasteiger partial charge in [-0.05, 0) is 12.1 Å². The molecule has 1 heterocycles. The fourth-order valence-electron chi connectivity index (χ4n) is 1.45. The van der Waals surface area contributed by atoms with Crippen LogP contribution in [-0.4, -0.2) is 16.7 Å². The number of carbonyl (C=O) groups excluding carboxylic acids is 2. The number of benzene rings is 1. The van der Waals surface area contributed by atoms with E-state index in [1.165, 1.54) is 12.6 Å². The van der Waals surface area contributed by atoms with Crippen LogP contribution >= 0.6 is 0 Å². The van der Waals surface area contributed by atoms with Crippen molar-refractivity contribution < 1.29 is 9.59 Å². The Morgan fingerprint density at radius 2 is 1.57 bits per heavy atom. The number of imide groups is 1. The molecular formula is C11H8NO2. The summed E-state index contributed by atoms with van der Waals surface area (Å²) in [5.74, 6) is -0.573. The second kappa shape index (κ2) is 3.10. The van der Waals surface area contributed by atoms with Crippen molar-refractivity contribution >= 4 is 11.8 Å². The van der Waals surface area contributed by atoms with E-state index in [9.17, 15) is 9.59 Å². The standard InChI is InChI=1S/C11H8NO2/c1-2-7-12-10(13)8-5-3-4-6-9(8)11(12)14/h2-7H,1H2. The zero-order valence-corrected chi connectivity index (χ0v) is 7.43. The Morgan fingerprint density at radius 3 is 2.00 bits per heavy atom. The molecule has 69 valence electrons. The van der Waals surface area contributed by atoms with Gasteiger partial charge >= 0.3 is 0 Å². The summed E-state index contributed by atoms with van der Waals surface area (Å²) in [5, 5.41) is 0. The molecule has 0 aliphatic carbocycles. The third kappa shape index (κ3) is 1.06. The molecule has 1 aliphatic rings. The van der Waals surface area contributed by atoms with Crippen LogP contribution in [0.3, 0.4) is 0 Å². The van der Waals surface area contributed by atoms with Crippen LogP contribution in [0.1, 0.15) is 20.7 Å². The molecule has 0 bridgehead atoms. The summed E-state index contributed by atoms with van der Waals surface area (Å²) in [6, 6.07) is 6.77. The van der Waals surface area contributed by atoms with Gasteiger partial charge < -0.3 is 0 Å². The van der Waals surface area contributed by atoms with Gasteiger partial charge in [0.05, 0.1) is 17.7 Å². The van der Waals surface area contributed by atoms with Crippen molar-refractivity contribution in [3.05, 3.63) is 54.6 Å². The summed E-state index contributed by atoms with van der Waals surface area (Å²) in [4.78, 5) is 24.3. The molecule has 0 unspecified atom stereocenters. The molecule has 1 aliphatic heterocycles. The van der Waals surface area contributed by atoms with Crippen LogP contribution in [0.15, 0.2) is 36.9 Å². The highest BCUT2D eigenvalue weighted by atomic mass is 16.2. The molecule has 1 aromatic rings. The van der Waals surface area contributed by atoms with Gasteiger partial charge in [-0.2, -0.15) is 0 Å². The molecule has 3 nitrogen and oxygen atoms in total. The predicted molar refractivity (Wildman–Crippen MR) is 51.4 cm³/mol. The van der Waals surface area contributed by atoms with E-state index in [1.54, 1.807) is 24.3 Å². The smallest absolute Gasteiger partial charge is 0.262 e. The molecule has 0 fully saturated rings. The molecule has 0 spiro atoms. The highest BCUT2D eigenvalue weighted by molar-refractivity contribution is 6.21. The maximum absolute atomic E-state index is 11.6. The van der Waals surface area contributed by atoms with Gasteiger partial charge in [-0.25, -0.2) is 0 Å². The van der Waals surface area contributed by atoms with Crippen molar-refractivity contribution in [3.8, 4) is 0 Å². The van der Waals surface area contributed by atoms with Gasteiger partial charge in [0, 0.05) is 0 Å². The minimum Gasteiger partial charge on any atom is -0.269 e. The predicted octanol–water partition coefficient (Wildman–Crippen LogP) is 1.63. The first-order valence-corrected chi connectivity index (χ1v) is 4.18. The first kappa shape index (κ1) is 8.69. The maximum Gasteiger partial charge on any atom is 0.262 e. The molecule has 3 heteroatoms. The Balaban J connectivity index is 2.48. The summed E-state index contributed by atoms with van der Waals surface area (Å²) in [5.41, 5.74) is 0.909. The second-order valence-corrected chi connectivity index (χ2v) is 2.91. The fourth-order valence-corrected chi connectivity index (χ4v) is 1.45. The van der Waals surface area contributed by atoms with Crippen LogP contribution < -0.4 is 0 Å². The van der Waals surface area contributed by atoms with Crippen LogP contribution in [0.2, 0.25) is 0 Å². The first-order valence-electron chi connectivity index (χ1n) is 4.18. The highest BCUT2D eigenvalue weighted by Crippen LogP contribution is 2.23. The number of rotatable bonds is 2. The van der Waals surface area contributed by atoms with E-state index in [0.29, 0.717) is 11.1 Å². The number of carbonyl (C=O) groups is 2. The van der Waals surface area contributed by atoms with Crippen LogP contribution in [0.25, 0.3) is 0 Å². The highest BCUT2D eigenvalue weighted by Gasteiger charge is 2.34. The molecule has 1 aromatic carbocycles. The normalized spacial score (nSPS) is 14.4. The van der Waals surface area contributed by atoms with Gasteiger partial charge in [0.2, 0.25) is 0 Å². The number of hydrogen-bond acceptors (Lipinski definition) is 2. The summed E-state index contributed by atoms with van der Waals surface area (Å²) >= 11 is 0. The Kier molecular flexibility index (Phi) is 1.93. The minimum atomic E-state index is -0.287. The molecule has 2 amide bonds. The van der Waals surface area contributed by atoms with E-state index in [-0.39, 0.29) is 11.8 Å². The van der Waals surface area contributed by atoms with Crippen molar-refractivity contribution in [1.82, 2.24) is 4.90 Å². The summed E-state index contributed by atoms with van der Waals surface area (Å²) < 4.78 is 0. The Hall–Kier alpha value is -1.90. The van der Waals surface area contributed by atoms with Crippen LogP contribution in [-0.2, 0) is 0 Å². The molecule has 14 heavy (non-hydrogen) atoms. The van der Waals surface area contributed by atoms with Gasteiger partial charge in [0.15, 0.2) is 0 Å². The van der Waals surface area contributed by atoms with Crippen LogP contribution in [0.5, 0.6) is 0 Å². The Bertz CT molecular complexity index is 388. The van der Waals surface area contributed by atoms with Gasteiger partial charge in [0.1, 0.15) is 0 Å². The average molecular weight is 186 g/mol. The third-order valence-corrected chi connectivity index (χ3v) is 2.08. The van der Waals surface area contributed by atoms with Crippen molar-refractivity contribution in [3.63, 3.8) is 0 Å². The zero-order chi connectivity index (χ0) is 10.1. The zero-order valence-electron chi connectivity index (χ0n) is 7.43. The Labute approximate surface area is 81.6 Å². The van der Waals surface area contributed by atoms with Crippen molar-refractivity contribution in [1.29, 1.82) is 0 Å². The first-order chi connectivity index (χ1) is 6.75. The third-order valence-electron chi connectivity index (χ3n) is 2.08.